The van der Waals surface area contributed by atoms with Crippen molar-refractivity contribution in [3.05, 3.63) is 53.2 Å². The van der Waals surface area contributed by atoms with Crippen molar-refractivity contribution >= 4 is 35.6 Å². The fourth-order valence-corrected chi connectivity index (χ4v) is 3.29. The normalized spacial score (nSPS) is 11.5. The molecule has 3 aromatic heterocycles. The molecule has 0 aliphatic rings. The summed E-state index contributed by atoms with van der Waals surface area (Å²) in [4.78, 5) is 9.41. The number of halogens is 1. The summed E-state index contributed by atoms with van der Waals surface area (Å²) in [6.07, 6.45) is 5.96. The first kappa shape index (κ1) is 23.2. The van der Waals surface area contributed by atoms with Gasteiger partial charge in [-0.15, -0.1) is 24.0 Å². The molecule has 0 unspecified atom stereocenters. The Labute approximate surface area is 190 Å². The van der Waals surface area contributed by atoms with Crippen LogP contribution in [0.2, 0.25) is 0 Å². The molecule has 0 aromatic carbocycles. The number of hydrogen-bond acceptors (Lipinski definition) is 3. The van der Waals surface area contributed by atoms with Gasteiger partial charge in [0.05, 0.1) is 11.4 Å². The smallest absolute Gasteiger partial charge is 0.191 e. The van der Waals surface area contributed by atoms with E-state index >= 15 is 0 Å². The van der Waals surface area contributed by atoms with Crippen LogP contribution in [0.25, 0.3) is 5.65 Å². The maximum atomic E-state index is 4.73. The summed E-state index contributed by atoms with van der Waals surface area (Å²) in [5.74, 6) is 0.857. The van der Waals surface area contributed by atoms with Gasteiger partial charge in [-0.3, -0.25) is 9.67 Å². The molecule has 158 valence electrons. The van der Waals surface area contributed by atoms with Gasteiger partial charge in [0, 0.05) is 50.7 Å². The van der Waals surface area contributed by atoms with Crippen LogP contribution in [0.15, 0.2) is 35.6 Å². The maximum Gasteiger partial charge on any atom is 0.191 e. The maximum absolute atomic E-state index is 4.73. The molecule has 0 bridgehead atoms. The first-order chi connectivity index (χ1) is 13.6. The molecule has 7 nitrogen and oxygen atoms in total. The highest BCUT2D eigenvalue weighted by atomic mass is 127. The molecule has 29 heavy (non-hydrogen) atoms. The lowest BCUT2D eigenvalue weighted by atomic mass is 10.3. The van der Waals surface area contributed by atoms with E-state index in [0.29, 0.717) is 0 Å². The van der Waals surface area contributed by atoms with Crippen LogP contribution in [-0.2, 0) is 13.0 Å². The second-order valence-electron chi connectivity index (χ2n) is 7.10. The van der Waals surface area contributed by atoms with Gasteiger partial charge in [0.25, 0.3) is 0 Å². The lowest BCUT2D eigenvalue weighted by Gasteiger charge is -2.10. The van der Waals surface area contributed by atoms with Gasteiger partial charge in [-0.05, 0) is 51.8 Å². The molecule has 0 aliphatic carbocycles. The van der Waals surface area contributed by atoms with Crippen LogP contribution in [0.4, 0.5) is 0 Å². The summed E-state index contributed by atoms with van der Waals surface area (Å²) in [5.41, 5.74) is 5.58. The lowest BCUT2D eigenvalue weighted by molar-refractivity contribution is 0.567. The van der Waals surface area contributed by atoms with Crippen LogP contribution in [0.5, 0.6) is 0 Å². The number of imidazole rings is 1. The van der Waals surface area contributed by atoms with Crippen LogP contribution in [0.1, 0.15) is 36.0 Å². The topological polar surface area (TPSA) is 71.5 Å². The standard InChI is InChI=1S/C21H31N7.HI/c1-5-22-21(23-10-7-13-28-18(4)14-17(3)26-28)24-11-9-19-15-27-12-6-8-16(2)20(27)25-19;/h6,8,12,14-15H,5,7,9-11,13H2,1-4H3,(H2,22,23,24);1H. The van der Waals surface area contributed by atoms with Crippen LogP contribution in [0, 0.1) is 20.8 Å². The first-order valence-electron chi connectivity index (χ1n) is 10.0. The third-order valence-electron chi connectivity index (χ3n) is 4.65. The number of aromatic nitrogens is 4. The van der Waals surface area contributed by atoms with Gasteiger partial charge in [0.15, 0.2) is 5.96 Å². The van der Waals surface area contributed by atoms with E-state index in [1.165, 1.54) is 11.3 Å². The largest absolute Gasteiger partial charge is 0.357 e. The van der Waals surface area contributed by atoms with Gasteiger partial charge < -0.3 is 15.0 Å². The molecule has 3 aromatic rings. The van der Waals surface area contributed by atoms with E-state index in [-0.39, 0.29) is 24.0 Å². The molecule has 0 atom stereocenters. The van der Waals surface area contributed by atoms with E-state index in [1.54, 1.807) is 0 Å². The number of aryl methyl sites for hydroxylation is 4. The molecule has 3 heterocycles. The molecule has 3 rings (SSSR count). The van der Waals surface area contributed by atoms with Gasteiger partial charge in [-0.25, -0.2) is 4.98 Å². The number of rotatable bonds is 8. The van der Waals surface area contributed by atoms with Crippen molar-refractivity contribution in [3.8, 4) is 0 Å². The Morgan fingerprint density at radius 2 is 2.03 bits per heavy atom. The summed E-state index contributed by atoms with van der Waals surface area (Å²) in [6.45, 7) is 11.6. The van der Waals surface area contributed by atoms with Gasteiger partial charge in [-0.1, -0.05) is 6.07 Å². The van der Waals surface area contributed by atoms with E-state index < -0.39 is 0 Å². The summed E-state index contributed by atoms with van der Waals surface area (Å²) < 4.78 is 4.14. The molecular formula is C21H32IN7. The zero-order chi connectivity index (χ0) is 19.9. The number of aliphatic imine (C=N–C) groups is 1. The second-order valence-corrected chi connectivity index (χ2v) is 7.10. The quantitative estimate of drug-likeness (QED) is 0.212. The molecule has 0 fully saturated rings. The fraction of sp³-hybridized carbons (Fsp3) is 0.476. The highest BCUT2D eigenvalue weighted by molar-refractivity contribution is 14.0. The Morgan fingerprint density at radius 3 is 2.72 bits per heavy atom. The van der Waals surface area contributed by atoms with Crippen molar-refractivity contribution < 1.29 is 0 Å². The van der Waals surface area contributed by atoms with Gasteiger partial charge in [-0.2, -0.15) is 5.10 Å². The second kappa shape index (κ2) is 11.2. The predicted molar refractivity (Wildman–Crippen MR) is 129 cm³/mol. The van der Waals surface area contributed by atoms with E-state index in [9.17, 15) is 0 Å². The third-order valence-corrected chi connectivity index (χ3v) is 4.65. The molecular weight excluding hydrogens is 477 g/mol. The Balaban J connectivity index is 0.00000300. The number of guanidine groups is 1. The van der Waals surface area contributed by atoms with Crippen molar-refractivity contribution in [3.63, 3.8) is 0 Å². The predicted octanol–water partition coefficient (Wildman–Crippen LogP) is 3.26. The number of nitrogens with one attached hydrogen (secondary N) is 2. The third kappa shape index (κ3) is 6.45. The Bertz CT molecular complexity index is 942. The average molecular weight is 509 g/mol. The van der Waals surface area contributed by atoms with Crippen LogP contribution in [0.3, 0.4) is 0 Å². The van der Waals surface area contributed by atoms with Gasteiger partial charge in [0.1, 0.15) is 5.65 Å². The van der Waals surface area contributed by atoms with E-state index in [1.807, 2.05) is 19.2 Å². The van der Waals surface area contributed by atoms with Gasteiger partial charge in [0.2, 0.25) is 0 Å². The van der Waals surface area contributed by atoms with Crippen molar-refractivity contribution in [2.75, 3.05) is 19.6 Å². The highest BCUT2D eigenvalue weighted by Gasteiger charge is 2.05. The molecule has 2 N–H and O–H groups in total. The molecule has 0 radical (unpaired) electrons. The minimum Gasteiger partial charge on any atom is -0.357 e. The van der Waals surface area contributed by atoms with Crippen LogP contribution < -0.4 is 10.6 Å². The average Bonchev–Trinajstić information content (AvgIpc) is 3.22. The molecule has 0 amide bonds. The molecule has 0 aliphatic heterocycles. The molecule has 0 spiro atoms. The Morgan fingerprint density at radius 1 is 1.21 bits per heavy atom. The summed E-state index contributed by atoms with van der Waals surface area (Å²) in [6, 6.07) is 6.25. The number of hydrogen-bond donors (Lipinski definition) is 2. The minimum atomic E-state index is 0. The fourth-order valence-electron chi connectivity index (χ4n) is 3.29. The van der Waals surface area contributed by atoms with Gasteiger partial charge >= 0.3 is 0 Å². The molecule has 0 saturated carbocycles. The molecule has 0 saturated heterocycles. The van der Waals surface area contributed by atoms with E-state index in [2.05, 4.69) is 68.9 Å². The van der Waals surface area contributed by atoms with Crippen molar-refractivity contribution in [1.82, 2.24) is 29.8 Å². The monoisotopic (exact) mass is 509 g/mol. The van der Waals surface area contributed by atoms with Crippen molar-refractivity contribution in [2.45, 2.75) is 47.1 Å². The number of fused-ring (bicyclic) bond motifs is 1. The zero-order valence-electron chi connectivity index (χ0n) is 17.8. The van der Waals surface area contributed by atoms with E-state index in [0.717, 1.165) is 62.0 Å². The Hall–Kier alpha value is -2.10. The van der Waals surface area contributed by atoms with Crippen LogP contribution >= 0.6 is 24.0 Å². The number of pyridine rings is 1. The summed E-state index contributed by atoms with van der Waals surface area (Å²) in [5, 5.41) is 11.2. The minimum absolute atomic E-state index is 0. The number of nitrogens with zero attached hydrogens (tertiary/aromatic N) is 5. The summed E-state index contributed by atoms with van der Waals surface area (Å²) >= 11 is 0. The summed E-state index contributed by atoms with van der Waals surface area (Å²) in [7, 11) is 0. The van der Waals surface area contributed by atoms with Crippen molar-refractivity contribution in [2.24, 2.45) is 4.99 Å². The SMILES string of the molecule is CCNC(=NCCCn1nc(C)cc1C)NCCc1cn2cccc(C)c2n1.I. The van der Waals surface area contributed by atoms with Crippen molar-refractivity contribution in [1.29, 1.82) is 0 Å². The van der Waals surface area contributed by atoms with Crippen LogP contribution in [-0.4, -0.2) is 44.8 Å². The van der Waals surface area contributed by atoms with E-state index in [4.69, 9.17) is 4.98 Å². The zero-order valence-corrected chi connectivity index (χ0v) is 20.1. The highest BCUT2D eigenvalue weighted by Crippen LogP contribution is 2.10. The lowest BCUT2D eigenvalue weighted by Crippen LogP contribution is -2.38. The molecule has 8 heteroatoms. The first-order valence-corrected chi connectivity index (χ1v) is 10.0. The Kier molecular flexibility index (Phi) is 8.94.